The number of nitrogens with zero attached hydrogens (tertiary/aromatic N) is 2. The molecule has 2 aromatic rings. The zero-order valence-electron chi connectivity index (χ0n) is 27.7. The molecule has 3 fully saturated rings. The Bertz CT molecular complexity index is 1570. The molecule has 262 valence electrons. The first-order valence-electron chi connectivity index (χ1n) is 16.6. The van der Waals surface area contributed by atoms with Crippen molar-refractivity contribution in [2.24, 2.45) is 11.8 Å². The number of alkyl halides is 1. The number of aliphatic hydroxyl groups is 1. The van der Waals surface area contributed by atoms with E-state index in [1.54, 1.807) is 36.4 Å². The highest BCUT2D eigenvalue weighted by Gasteiger charge is 2.77. The summed E-state index contributed by atoms with van der Waals surface area (Å²) >= 11 is 10.4. The Kier molecular flexibility index (Phi) is 11.7. The van der Waals surface area contributed by atoms with Gasteiger partial charge in [-0.1, -0.05) is 89.1 Å². The third-order valence-electron chi connectivity index (χ3n) is 9.83. The minimum atomic E-state index is -1.39. The van der Waals surface area contributed by atoms with E-state index < -0.39 is 59.5 Å². The molecule has 12 heteroatoms. The molecule has 0 aromatic heterocycles. The number of benzene rings is 2. The van der Waals surface area contributed by atoms with E-state index in [-0.39, 0.29) is 43.3 Å². The minimum Gasteiger partial charge on any atom is -0.455 e. The fraction of sp³-hybridized carbons (Fsp3) is 0.459. The van der Waals surface area contributed by atoms with Crippen LogP contribution in [0.2, 0.25) is 5.02 Å². The number of allylic oxidation sites excluding steroid dienone is 1. The van der Waals surface area contributed by atoms with E-state index in [9.17, 15) is 24.3 Å². The van der Waals surface area contributed by atoms with Gasteiger partial charge >= 0.3 is 5.97 Å². The predicted octanol–water partition coefficient (Wildman–Crippen LogP) is 5.05. The Hall–Kier alpha value is -3.51. The quantitative estimate of drug-likeness (QED) is 0.148. The molecule has 3 saturated heterocycles. The van der Waals surface area contributed by atoms with Crippen molar-refractivity contribution >= 4 is 56.9 Å². The molecule has 8 atom stereocenters. The first-order chi connectivity index (χ1) is 23.5. The molecule has 1 spiro atoms. The van der Waals surface area contributed by atoms with Crippen LogP contribution in [0.5, 0.6) is 0 Å². The molecule has 10 nitrogen and oxygen atoms in total. The number of amides is 3. The third-order valence-corrected chi connectivity index (χ3v) is 11.0. The summed E-state index contributed by atoms with van der Waals surface area (Å²) in [5.74, 6) is -3.89. The van der Waals surface area contributed by atoms with Gasteiger partial charge in [-0.2, -0.15) is 0 Å². The summed E-state index contributed by atoms with van der Waals surface area (Å²) in [5, 5.41) is 13.7. The highest BCUT2D eigenvalue weighted by atomic mass is 79.9. The first-order valence-corrected chi connectivity index (χ1v) is 17.9. The van der Waals surface area contributed by atoms with Gasteiger partial charge in [-0.25, -0.2) is 0 Å². The number of carbonyl (C=O) groups excluding carboxylic acids is 4. The van der Waals surface area contributed by atoms with Crippen LogP contribution in [-0.2, 0) is 28.7 Å². The highest BCUT2D eigenvalue weighted by molar-refractivity contribution is 9.09. The average molecular weight is 757 g/mol. The third kappa shape index (κ3) is 6.82. The molecule has 0 aliphatic carbocycles. The monoisotopic (exact) mass is 755 g/mol. The van der Waals surface area contributed by atoms with Crippen LogP contribution in [-0.4, -0.2) is 82.0 Å². The molecule has 1 unspecified atom stereocenters. The second-order valence-electron chi connectivity index (χ2n) is 12.8. The van der Waals surface area contributed by atoms with Crippen molar-refractivity contribution in [3.8, 4) is 0 Å². The summed E-state index contributed by atoms with van der Waals surface area (Å²) < 4.78 is 12.8. The lowest BCUT2D eigenvalue weighted by Crippen LogP contribution is -2.59. The summed E-state index contributed by atoms with van der Waals surface area (Å²) in [4.78, 5) is 58.9. The van der Waals surface area contributed by atoms with E-state index >= 15 is 0 Å². The van der Waals surface area contributed by atoms with Crippen LogP contribution >= 0.6 is 27.5 Å². The van der Waals surface area contributed by atoms with Crippen LogP contribution in [0.3, 0.4) is 0 Å². The van der Waals surface area contributed by atoms with Gasteiger partial charge in [0.2, 0.25) is 11.8 Å². The Labute approximate surface area is 300 Å². The normalized spacial score (nSPS) is 26.5. The maximum Gasteiger partial charge on any atom is 0.313 e. The SMILES string of the molecule is C=CCCC(=O)NC[C@H](OC(=O)[C@H]1[C@@H]2O[C@@]3(CC2Br)[C@@H]1C(=O)N([C@@H](CC)CO)[C@@H]3C(=O)N(CC=C)c1c(C)cccc1Cl)c1ccccc1. The number of nitrogens with one attached hydrogen (secondary N) is 1. The van der Waals surface area contributed by atoms with Gasteiger partial charge in [0.15, 0.2) is 0 Å². The van der Waals surface area contributed by atoms with Gasteiger partial charge in [-0.05, 0) is 43.4 Å². The molecular formula is C37H43BrClN3O7. The molecule has 2 N–H and O–H groups in total. The van der Waals surface area contributed by atoms with Gasteiger partial charge in [0.05, 0.1) is 47.8 Å². The lowest BCUT2D eigenvalue weighted by molar-refractivity contribution is -0.160. The Balaban J connectivity index is 1.53. The van der Waals surface area contributed by atoms with Crippen LogP contribution in [0.4, 0.5) is 5.69 Å². The number of ether oxygens (including phenoxy) is 2. The number of rotatable bonds is 15. The number of anilines is 1. The number of likely N-dealkylation sites (tertiary alicyclic amines) is 1. The van der Waals surface area contributed by atoms with Crippen molar-refractivity contribution < 1.29 is 33.8 Å². The fourth-order valence-corrected chi connectivity index (χ4v) is 8.86. The Morgan fingerprint density at radius 3 is 2.57 bits per heavy atom. The molecule has 3 heterocycles. The van der Waals surface area contributed by atoms with E-state index in [2.05, 4.69) is 34.4 Å². The van der Waals surface area contributed by atoms with Gasteiger partial charge in [0.25, 0.3) is 5.91 Å². The molecule has 3 aliphatic heterocycles. The summed E-state index contributed by atoms with van der Waals surface area (Å²) in [7, 11) is 0. The van der Waals surface area contributed by atoms with E-state index in [1.165, 1.54) is 9.80 Å². The van der Waals surface area contributed by atoms with Crippen molar-refractivity contribution in [3.05, 3.63) is 90.0 Å². The standard InChI is InChI=1S/C37H43BrClN3O7/c1-5-8-17-28(44)40-20-27(23-14-10-9-11-15-23)48-36(47)29-30-34(45)42(24(7-3)21-43)33(37(30)19-25(38)32(29)49-37)35(46)41(18-6-2)31-22(4)13-12-16-26(31)39/h5-6,9-16,24-25,27,29-30,32-33,43H,1-2,7-8,17-21H2,3-4H3,(H,40,44)/t24-,25?,27-,29+,30-,32+,33+,37-/m0/s1. The number of carbonyl (C=O) groups is 4. The topological polar surface area (TPSA) is 125 Å². The zero-order chi connectivity index (χ0) is 35.5. The number of hydrogen-bond acceptors (Lipinski definition) is 7. The van der Waals surface area contributed by atoms with Crippen LogP contribution in [0.15, 0.2) is 73.8 Å². The van der Waals surface area contributed by atoms with Crippen molar-refractivity contribution in [2.75, 3.05) is 24.6 Å². The van der Waals surface area contributed by atoms with E-state index in [1.807, 2.05) is 38.1 Å². The van der Waals surface area contributed by atoms with Crippen molar-refractivity contribution in [1.82, 2.24) is 10.2 Å². The Morgan fingerprint density at radius 2 is 1.94 bits per heavy atom. The second-order valence-corrected chi connectivity index (χ2v) is 14.3. The predicted molar refractivity (Wildman–Crippen MR) is 190 cm³/mol. The largest absolute Gasteiger partial charge is 0.455 e. The van der Waals surface area contributed by atoms with Gasteiger partial charge in [-0.3, -0.25) is 19.2 Å². The molecule has 0 saturated carbocycles. The summed E-state index contributed by atoms with van der Waals surface area (Å²) in [6.45, 7) is 10.9. The molecule has 5 rings (SSSR count). The van der Waals surface area contributed by atoms with Crippen molar-refractivity contribution in [1.29, 1.82) is 0 Å². The number of halogens is 2. The van der Waals surface area contributed by atoms with Crippen LogP contribution < -0.4 is 10.2 Å². The molecular weight excluding hydrogens is 714 g/mol. The van der Waals surface area contributed by atoms with Crippen LogP contribution in [0, 0.1) is 18.8 Å². The molecule has 0 radical (unpaired) electrons. The van der Waals surface area contributed by atoms with Gasteiger partial charge in [0.1, 0.15) is 17.7 Å². The van der Waals surface area contributed by atoms with Gasteiger partial charge < -0.3 is 29.7 Å². The smallest absolute Gasteiger partial charge is 0.313 e. The highest BCUT2D eigenvalue weighted by Crippen LogP contribution is 2.61. The number of aryl methyl sites for hydroxylation is 1. The summed E-state index contributed by atoms with van der Waals surface area (Å²) in [6.07, 6.45) is 3.01. The Morgan fingerprint density at radius 1 is 1.20 bits per heavy atom. The molecule has 2 aromatic carbocycles. The average Bonchev–Trinajstić information content (AvgIpc) is 3.69. The maximum absolute atomic E-state index is 14.9. The number of esters is 1. The van der Waals surface area contributed by atoms with Gasteiger partial charge in [0, 0.05) is 17.8 Å². The fourth-order valence-electron chi connectivity index (χ4n) is 7.60. The zero-order valence-corrected chi connectivity index (χ0v) is 30.1. The maximum atomic E-state index is 14.9. The first kappa shape index (κ1) is 36.8. The van der Waals surface area contributed by atoms with Crippen LogP contribution in [0.1, 0.15) is 49.8 Å². The lowest BCUT2D eigenvalue weighted by atomic mass is 9.70. The summed E-state index contributed by atoms with van der Waals surface area (Å²) in [5.41, 5.74) is 0.512. The second kappa shape index (κ2) is 15.6. The molecule has 3 aliphatic rings. The van der Waals surface area contributed by atoms with Crippen molar-refractivity contribution in [3.63, 3.8) is 0 Å². The van der Waals surface area contributed by atoms with E-state index in [0.29, 0.717) is 29.1 Å². The van der Waals surface area contributed by atoms with E-state index in [4.69, 9.17) is 21.1 Å². The molecule has 49 heavy (non-hydrogen) atoms. The number of para-hydroxylation sites is 1. The number of fused-ring (bicyclic) bond motifs is 1. The van der Waals surface area contributed by atoms with Crippen LogP contribution in [0.25, 0.3) is 0 Å². The van der Waals surface area contributed by atoms with Gasteiger partial charge in [-0.15, -0.1) is 13.2 Å². The molecule has 3 amide bonds. The lowest BCUT2D eigenvalue weighted by Gasteiger charge is -2.39. The summed E-state index contributed by atoms with van der Waals surface area (Å²) in [6, 6.07) is 12.5. The van der Waals surface area contributed by atoms with Crippen molar-refractivity contribution in [2.45, 2.75) is 74.3 Å². The number of aliphatic hydroxyl groups excluding tert-OH is 1. The van der Waals surface area contributed by atoms with E-state index in [0.717, 1.165) is 5.56 Å². The molecule has 2 bridgehead atoms. The minimum absolute atomic E-state index is 0.0226. The number of hydrogen-bond donors (Lipinski definition) is 2.